The van der Waals surface area contributed by atoms with E-state index in [1.807, 2.05) is 6.07 Å². The number of anilines is 2. The molecule has 0 radical (unpaired) electrons. The van der Waals surface area contributed by atoms with Crippen LogP contribution in [0.25, 0.3) is 0 Å². The summed E-state index contributed by atoms with van der Waals surface area (Å²) in [5.41, 5.74) is 5.48. The lowest BCUT2D eigenvalue weighted by atomic mass is 10.1. The minimum Gasteiger partial charge on any atom is -0.497 e. The maximum atomic E-state index is 12.5. The lowest BCUT2D eigenvalue weighted by molar-refractivity contribution is -0.118. The van der Waals surface area contributed by atoms with Gasteiger partial charge in [0.15, 0.2) is 6.61 Å². The van der Waals surface area contributed by atoms with E-state index in [1.165, 1.54) is 10.5 Å². The van der Waals surface area contributed by atoms with Crippen molar-refractivity contribution in [3.63, 3.8) is 0 Å². The van der Waals surface area contributed by atoms with Crippen molar-refractivity contribution >= 4 is 39.4 Å². The molecule has 0 saturated heterocycles. The van der Waals surface area contributed by atoms with Crippen LogP contribution in [0, 0.1) is 0 Å². The number of para-hydroxylation sites is 1. The maximum absolute atomic E-state index is 12.5. The van der Waals surface area contributed by atoms with Crippen molar-refractivity contribution in [2.75, 3.05) is 29.6 Å². The molecule has 0 bridgehead atoms. The fourth-order valence-electron chi connectivity index (χ4n) is 3.82. The second-order valence-electron chi connectivity index (χ2n) is 9.14. The molecular formula is C31H30N4O6S. The highest BCUT2D eigenvalue weighted by molar-refractivity contribution is 7.92. The van der Waals surface area contributed by atoms with Gasteiger partial charge in [0, 0.05) is 11.3 Å². The van der Waals surface area contributed by atoms with Crippen LogP contribution in [0.1, 0.15) is 21.5 Å². The van der Waals surface area contributed by atoms with Crippen molar-refractivity contribution in [2.45, 2.75) is 6.54 Å². The Balaban J connectivity index is 1.25. The smallest absolute Gasteiger partial charge is 0.271 e. The molecule has 11 heteroatoms. The molecule has 0 aromatic heterocycles. The van der Waals surface area contributed by atoms with E-state index in [0.717, 1.165) is 11.8 Å². The molecule has 0 heterocycles. The molecule has 0 aliphatic heterocycles. The summed E-state index contributed by atoms with van der Waals surface area (Å²) in [6, 6.07) is 29.3. The van der Waals surface area contributed by atoms with Crippen LogP contribution in [0.15, 0.2) is 108 Å². The molecule has 216 valence electrons. The van der Waals surface area contributed by atoms with Gasteiger partial charge < -0.3 is 14.8 Å². The van der Waals surface area contributed by atoms with Gasteiger partial charge in [0.05, 0.1) is 31.8 Å². The van der Waals surface area contributed by atoms with Gasteiger partial charge in [-0.3, -0.25) is 13.9 Å². The van der Waals surface area contributed by atoms with Gasteiger partial charge in [-0.1, -0.05) is 30.3 Å². The van der Waals surface area contributed by atoms with Gasteiger partial charge in [0.1, 0.15) is 11.5 Å². The first-order valence-electron chi connectivity index (χ1n) is 12.8. The molecule has 42 heavy (non-hydrogen) atoms. The summed E-state index contributed by atoms with van der Waals surface area (Å²) < 4.78 is 36.6. The van der Waals surface area contributed by atoms with E-state index < -0.39 is 15.9 Å². The van der Waals surface area contributed by atoms with Crippen LogP contribution in [-0.4, -0.2) is 46.4 Å². The number of amides is 2. The Bertz CT molecular complexity index is 1620. The summed E-state index contributed by atoms with van der Waals surface area (Å²) in [5, 5.41) is 6.74. The Hall–Kier alpha value is -5.16. The van der Waals surface area contributed by atoms with Gasteiger partial charge in [-0.2, -0.15) is 5.10 Å². The van der Waals surface area contributed by atoms with Gasteiger partial charge in [-0.15, -0.1) is 0 Å². The Morgan fingerprint density at radius 2 is 1.50 bits per heavy atom. The number of ether oxygens (including phenoxy) is 2. The third-order valence-electron chi connectivity index (χ3n) is 5.99. The van der Waals surface area contributed by atoms with E-state index in [-0.39, 0.29) is 19.1 Å². The predicted octanol–water partition coefficient (Wildman–Crippen LogP) is 4.44. The van der Waals surface area contributed by atoms with Crippen molar-refractivity contribution in [1.29, 1.82) is 0 Å². The summed E-state index contributed by atoms with van der Waals surface area (Å²) in [5.74, 6) is 0.484. The highest BCUT2D eigenvalue weighted by Crippen LogP contribution is 2.20. The van der Waals surface area contributed by atoms with Crippen molar-refractivity contribution < 1.29 is 27.5 Å². The monoisotopic (exact) mass is 586 g/mol. The van der Waals surface area contributed by atoms with E-state index in [4.69, 9.17) is 9.47 Å². The number of sulfonamides is 1. The third-order valence-corrected chi connectivity index (χ3v) is 7.13. The van der Waals surface area contributed by atoms with Gasteiger partial charge in [-0.25, -0.2) is 13.8 Å². The van der Waals surface area contributed by atoms with Crippen LogP contribution in [0.3, 0.4) is 0 Å². The molecule has 0 unspecified atom stereocenters. The zero-order chi connectivity index (χ0) is 30.0. The number of carbonyl (C=O) groups is 2. The summed E-state index contributed by atoms with van der Waals surface area (Å²) >= 11 is 0. The predicted molar refractivity (Wildman–Crippen MR) is 163 cm³/mol. The van der Waals surface area contributed by atoms with E-state index in [9.17, 15) is 18.0 Å². The Labute approximate surface area is 244 Å². The lowest BCUT2D eigenvalue weighted by Crippen LogP contribution is -2.29. The van der Waals surface area contributed by atoms with Crippen molar-refractivity contribution in [3.05, 3.63) is 120 Å². The maximum Gasteiger partial charge on any atom is 0.271 e. The average molecular weight is 587 g/mol. The SMILES string of the molecule is COc1ccc(NC(=O)COc2ccc(/C=N/NC(=O)c3ccc(CN(c4ccccc4)S(C)(=O)=O)cc3)cc2)cc1. The number of carbonyl (C=O) groups excluding carboxylic acids is 2. The van der Waals surface area contributed by atoms with E-state index in [1.54, 1.807) is 104 Å². The normalized spacial score (nSPS) is 11.1. The number of hydrazone groups is 1. The highest BCUT2D eigenvalue weighted by atomic mass is 32.2. The summed E-state index contributed by atoms with van der Waals surface area (Å²) in [6.45, 7) is -0.0250. The molecule has 4 aromatic carbocycles. The van der Waals surface area contributed by atoms with Gasteiger partial charge in [-0.05, 0) is 83.9 Å². The number of benzene rings is 4. The molecule has 0 aliphatic carbocycles. The molecule has 10 nitrogen and oxygen atoms in total. The van der Waals surface area contributed by atoms with Crippen LogP contribution < -0.4 is 24.5 Å². The molecule has 2 amide bonds. The molecule has 4 rings (SSSR count). The quantitative estimate of drug-likeness (QED) is 0.187. The Kier molecular flexibility index (Phi) is 9.90. The first kappa shape index (κ1) is 29.8. The van der Waals surface area contributed by atoms with Crippen LogP contribution in [0.2, 0.25) is 0 Å². The fourth-order valence-corrected chi connectivity index (χ4v) is 4.71. The molecule has 0 saturated carbocycles. The number of hydrogen-bond donors (Lipinski definition) is 2. The van der Waals surface area contributed by atoms with E-state index in [2.05, 4.69) is 15.8 Å². The van der Waals surface area contributed by atoms with Crippen molar-refractivity contribution in [2.24, 2.45) is 5.10 Å². The van der Waals surface area contributed by atoms with Crippen molar-refractivity contribution in [3.8, 4) is 11.5 Å². The average Bonchev–Trinajstić information content (AvgIpc) is 3.00. The molecule has 0 aliphatic rings. The van der Waals surface area contributed by atoms with Crippen molar-refractivity contribution in [1.82, 2.24) is 5.43 Å². The number of methoxy groups -OCH3 is 1. The van der Waals surface area contributed by atoms with Crippen LogP contribution in [-0.2, 0) is 21.4 Å². The first-order valence-corrected chi connectivity index (χ1v) is 14.7. The summed E-state index contributed by atoms with van der Waals surface area (Å²) in [6.07, 6.45) is 2.64. The molecule has 4 aromatic rings. The zero-order valence-electron chi connectivity index (χ0n) is 23.1. The van der Waals surface area contributed by atoms with Gasteiger partial charge in [0.2, 0.25) is 10.0 Å². The number of rotatable bonds is 12. The summed E-state index contributed by atoms with van der Waals surface area (Å²) in [4.78, 5) is 24.7. The second-order valence-corrected chi connectivity index (χ2v) is 11.0. The first-order chi connectivity index (χ1) is 20.2. The van der Waals surface area contributed by atoms with Gasteiger partial charge in [0.25, 0.3) is 11.8 Å². The van der Waals surface area contributed by atoms with Crippen LogP contribution in [0.4, 0.5) is 11.4 Å². The van der Waals surface area contributed by atoms with Crippen LogP contribution >= 0.6 is 0 Å². The fraction of sp³-hybridized carbons (Fsp3) is 0.129. The van der Waals surface area contributed by atoms with E-state index in [0.29, 0.717) is 34.0 Å². The molecule has 0 fully saturated rings. The number of nitrogens with one attached hydrogen (secondary N) is 2. The zero-order valence-corrected chi connectivity index (χ0v) is 23.9. The lowest BCUT2D eigenvalue weighted by Gasteiger charge is -2.22. The minimum atomic E-state index is -3.50. The molecule has 2 N–H and O–H groups in total. The molecule has 0 atom stereocenters. The minimum absolute atomic E-state index is 0.135. The molecule has 0 spiro atoms. The van der Waals surface area contributed by atoms with Crippen LogP contribution in [0.5, 0.6) is 11.5 Å². The summed E-state index contributed by atoms with van der Waals surface area (Å²) in [7, 11) is -1.93. The second kappa shape index (κ2) is 14.0. The van der Waals surface area contributed by atoms with Gasteiger partial charge >= 0.3 is 0 Å². The topological polar surface area (TPSA) is 126 Å². The Morgan fingerprint density at radius 3 is 2.12 bits per heavy atom. The number of nitrogens with zero attached hydrogens (tertiary/aromatic N) is 2. The molecular weight excluding hydrogens is 556 g/mol. The highest BCUT2D eigenvalue weighted by Gasteiger charge is 2.18. The van der Waals surface area contributed by atoms with E-state index >= 15 is 0 Å². The number of hydrogen-bond acceptors (Lipinski definition) is 7. The third kappa shape index (κ3) is 8.67. The Morgan fingerprint density at radius 1 is 0.857 bits per heavy atom. The standard InChI is InChI=1S/C31H30N4O6S/c1-40-28-18-14-26(15-19-28)33-30(36)22-41-29-16-10-23(11-17-29)20-32-34-31(37)25-12-8-24(9-13-25)21-35(42(2,38)39)27-6-4-3-5-7-27/h3-20H,21-22H2,1-2H3,(H,33,36)(H,34,37)/b32-20+. The largest absolute Gasteiger partial charge is 0.497 e.